The molecule has 8 rings (SSSR count). The Morgan fingerprint density at radius 3 is 1.24 bits per heavy atom. The lowest BCUT2D eigenvalue weighted by Gasteiger charge is -2.21. The molecule has 5 nitrogen and oxygen atoms in total. The van der Waals surface area contributed by atoms with Crippen molar-refractivity contribution in [1.82, 2.24) is 0 Å². The zero-order valence-corrected chi connectivity index (χ0v) is 50.5. The Balaban J connectivity index is 0.000000205. The lowest BCUT2D eigenvalue weighted by Crippen LogP contribution is -2.49. The van der Waals surface area contributed by atoms with Crippen molar-refractivity contribution in [3.05, 3.63) is 257 Å². The minimum Gasteiger partial charge on any atom is -0.306 e. The van der Waals surface area contributed by atoms with Gasteiger partial charge in [0.05, 0.1) is 0 Å². The third kappa shape index (κ3) is 20.8. The van der Waals surface area contributed by atoms with Crippen LogP contribution in [-0.4, -0.2) is 71.7 Å². The van der Waals surface area contributed by atoms with Crippen molar-refractivity contribution >= 4 is 97.7 Å². The Labute approximate surface area is 456 Å². The van der Waals surface area contributed by atoms with Gasteiger partial charge in [-0.3, -0.25) is 9.59 Å². The first-order valence-electron chi connectivity index (χ1n) is 25.2. The van der Waals surface area contributed by atoms with E-state index in [4.69, 9.17) is 0 Å². The maximum atomic E-state index is 12.6. The topological polar surface area (TPSA) is 85.3 Å². The van der Waals surface area contributed by atoms with E-state index in [2.05, 4.69) is 114 Å². The zero-order chi connectivity index (χ0) is 54.9. The summed E-state index contributed by atoms with van der Waals surface area (Å²) in [5, 5.41) is 7.30. The molecule has 8 aromatic carbocycles. The first kappa shape index (κ1) is 60.7. The molecule has 0 atom stereocenters. The summed E-state index contributed by atoms with van der Waals surface area (Å²) in [6.07, 6.45) is 0.665. The van der Waals surface area contributed by atoms with E-state index in [1.54, 1.807) is 6.92 Å². The fraction of sp³-hybridized carbons (Fsp3) is 0.185. The van der Waals surface area contributed by atoms with E-state index in [0.29, 0.717) is 26.8 Å². The highest BCUT2D eigenvalue weighted by Gasteiger charge is 2.33. The Morgan fingerprint density at radius 1 is 0.427 bits per heavy atom. The Hall–Kier alpha value is -6.81. The lowest BCUT2D eigenvalue weighted by molar-refractivity contribution is -0.112. The van der Waals surface area contributed by atoms with Crippen molar-refractivity contribution in [1.29, 1.82) is 0 Å². The van der Waals surface area contributed by atoms with Crippen LogP contribution >= 0.6 is 0 Å². The summed E-state index contributed by atoms with van der Waals surface area (Å²) in [7, 11) is -3.68. The smallest absolute Gasteiger partial charge is 0.179 e. The summed E-state index contributed by atoms with van der Waals surface area (Å²) in [6, 6.07) is 69.7. The number of hydrogen-bond donors (Lipinski definition) is 0. The van der Waals surface area contributed by atoms with Gasteiger partial charge in [-0.25, -0.2) is 0 Å². The molecule has 0 saturated heterocycles. The fourth-order valence-corrected chi connectivity index (χ4v) is 15.2. The molecule has 0 aromatic heterocycles. The Bertz CT molecular complexity index is 3100. The van der Waals surface area contributed by atoms with Crippen LogP contribution in [0, 0.1) is 34.6 Å². The van der Waals surface area contributed by atoms with Gasteiger partial charge in [-0.2, -0.15) is 0 Å². The van der Waals surface area contributed by atoms with Gasteiger partial charge in [-0.1, -0.05) is 299 Å². The average Bonchev–Trinajstić information content (AvgIpc) is 3.41. The molecule has 0 amide bonds. The van der Waals surface area contributed by atoms with Crippen LogP contribution in [0.15, 0.2) is 212 Å². The Kier molecular flexibility index (Phi) is 25.2. The quantitative estimate of drug-likeness (QED) is 0.101. The molecule has 75 heavy (non-hydrogen) atoms. The van der Waals surface area contributed by atoms with Crippen molar-refractivity contribution < 1.29 is 24.0 Å². The SMILES string of the molecule is CC(=O)[Si]c1cccc(C)c1.CCC(=O)[Si](C)c1cccc(C)c1.Cc1cccc([Si](C)(C)C(=O)c2ccccc2)c1.Cc1cccc([Si](C)C(=O)c2ccccc2)c1.Cc1cccc([Si]C(=O)c2ccccc2)c1. The molecular formula is C65H70O5Si5. The predicted octanol–water partition coefficient (Wildman–Crippen LogP) is 11.0. The predicted molar refractivity (Wildman–Crippen MR) is 325 cm³/mol. The van der Waals surface area contributed by atoms with Gasteiger partial charge in [0, 0.05) is 16.7 Å². The van der Waals surface area contributed by atoms with Gasteiger partial charge in [-0.15, -0.1) is 0 Å². The maximum Gasteiger partial charge on any atom is 0.179 e. The fourth-order valence-electron chi connectivity index (χ4n) is 7.68. The molecule has 0 N–H and O–H groups in total. The molecule has 0 saturated carbocycles. The van der Waals surface area contributed by atoms with Crippen molar-refractivity contribution in [2.75, 3.05) is 0 Å². The molecule has 8 aromatic rings. The van der Waals surface area contributed by atoms with E-state index in [1.807, 2.05) is 166 Å². The summed E-state index contributed by atoms with van der Waals surface area (Å²) >= 11 is 0. The average molecular weight is 1070 g/mol. The highest BCUT2D eigenvalue weighted by molar-refractivity contribution is 7.14. The van der Waals surface area contributed by atoms with E-state index in [0.717, 1.165) is 27.1 Å². The number of hydrogen-bond acceptors (Lipinski definition) is 5. The summed E-state index contributed by atoms with van der Waals surface area (Å²) in [5.41, 5.74) is 8.54. The van der Waals surface area contributed by atoms with Crippen molar-refractivity contribution in [2.45, 2.75) is 81.1 Å². The molecule has 6 radical (unpaired) electrons. The number of carbonyl (C=O) groups excluding carboxylic acids is 5. The van der Waals surface area contributed by atoms with Gasteiger partial charge in [0.1, 0.15) is 27.0 Å². The van der Waals surface area contributed by atoms with Gasteiger partial charge in [0.2, 0.25) is 0 Å². The lowest BCUT2D eigenvalue weighted by atomic mass is 10.2. The molecule has 0 fully saturated rings. The van der Waals surface area contributed by atoms with Crippen LogP contribution in [0.3, 0.4) is 0 Å². The number of carbonyl (C=O) groups is 5. The Morgan fingerprint density at radius 2 is 0.813 bits per heavy atom. The van der Waals surface area contributed by atoms with E-state index in [1.165, 1.54) is 43.4 Å². The summed E-state index contributed by atoms with van der Waals surface area (Å²) < 4.78 is 0. The van der Waals surface area contributed by atoms with Gasteiger partial charge in [0.25, 0.3) is 0 Å². The van der Waals surface area contributed by atoms with Crippen molar-refractivity contribution in [2.24, 2.45) is 0 Å². The minimum atomic E-state index is -2.09. The van der Waals surface area contributed by atoms with Crippen LogP contribution in [-0.2, 0) is 9.59 Å². The monoisotopic (exact) mass is 1070 g/mol. The van der Waals surface area contributed by atoms with E-state index in [9.17, 15) is 24.0 Å². The highest BCUT2D eigenvalue weighted by atomic mass is 28.3. The third-order valence-corrected chi connectivity index (χ3v) is 21.8. The van der Waals surface area contributed by atoms with Crippen LogP contribution in [0.4, 0.5) is 0 Å². The molecule has 10 heteroatoms. The first-order chi connectivity index (χ1) is 35.8. The molecule has 0 unspecified atom stereocenters. The summed E-state index contributed by atoms with van der Waals surface area (Å²) in [5.74, 6) is 0. The standard InChI is InChI=1S/C16H18OSi.C15H15OSi.C14H12OSi.C11H15OSi.C9H10OSi/c1-13-8-7-11-15(12-13)18(2,3)16(17)14-9-5-4-6-10-14;1-12-7-6-10-14(11-12)17(2)15(16)13-8-4-3-5-9-13;1-11-6-5-9-13(10-11)16-14(15)12-7-3-2-4-8-12;1-4-11(12)13(3)10-7-5-6-9(2)8-10;1-7-4-3-5-9(6-7)11-8(2)10/h4-12H,1-3H3;3-11H,1-2H3;2-10H,1H3;5-8H,4H2,1-3H3;3-6H,1-2H3. The van der Waals surface area contributed by atoms with Crippen molar-refractivity contribution in [3.8, 4) is 0 Å². The third-order valence-electron chi connectivity index (χ3n) is 12.0. The van der Waals surface area contributed by atoms with Crippen molar-refractivity contribution in [3.63, 3.8) is 0 Å². The first-order valence-corrected chi connectivity index (χ1v) is 34.2. The number of aryl methyl sites for hydroxylation is 5. The molecule has 0 bridgehead atoms. The van der Waals surface area contributed by atoms with Crippen LogP contribution in [0.5, 0.6) is 0 Å². The van der Waals surface area contributed by atoms with Gasteiger partial charge in [-0.05, 0) is 48.0 Å². The second-order valence-electron chi connectivity index (χ2n) is 18.9. The molecule has 380 valence electrons. The largest absolute Gasteiger partial charge is 0.306 e. The zero-order valence-electron chi connectivity index (χ0n) is 45.5. The summed E-state index contributed by atoms with van der Waals surface area (Å²) in [6.45, 7) is 22.2. The number of benzene rings is 8. The maximum absolute atomic E-state index is 12.6. The molecule has 0 aliphatic rings. The summed E-state index contributed by atoms with van der Waals surface area (Å²) in [4.78, 5) is 59.1. The van der Waals surface area contributed by atoms with Gasteiger partial charge in [0.15, 0.2) is 44.7 Å². The molecular weight excluding hydrogens is 1000 g/mol. The van der Waals surface area contributed by atoms with E-state index in [-0.39, 0.29) is 25.7 Å². The van der Waals surface area contributed by atoms with Gasteiger partial charge < -0.3 is 14.4 Å². The molecule has 0 aliphatic heterocycles. The molecule has 0 spiro atoms. The second kappa shape index (κ2) is 31.2. The molecule has 0 heterocycles. The normalized spacial score (nSPS) is 10.5. The van der Waals surface area contributed by atoms with Crippen LogP contribution < -0.4 is 25.9 Å². The van der Waals surface area contributed by atoms with Crippen LogP contribution in [0.2, 0.25) is 26.2 Å². The minimum absolute atomic E-state index is 0.200. The second-order valence-corrected chi connectivity index (χ2v) is 30.7. The van der Waals surface area contributed by atoms with E-state index >= 15 is 0 Å². The number of rotatable bonds is 14. The molecule has 0 aliphatic carbocycles. The van der Waals surface area contributed by atoms with Gasteiger partial charge >= 0.3 is 0 Å². The highest BCUT2D eigenvalue weighted by Crippen LogP contribution is 2.14. The van der Waals surface area contributed by atoms with Crippen LogP contribution in [0.25, 0.3) is 0 Å². The van der Waals surface area contributed by atoms with Crippen LogP contribution in [0.1, 0.15) is 79.2 Å². The van der Waals surface area contributed by atoms with E-state index < -0.39 is 25.7 Å².